The number of rotatable bonds is 4. The van der Waals surface area contributed by atoms with Gasteiger partial charge in [0.25, 0.3) is 0 Å². The topological polar surface area (TPSA) is 93.4 Å². The predicted molar refractivity (Wildman–Crippen MR) is 48.9 cm³/mol. The molecule has 4 N–H and O–H groups in total. The van der Waals surface area contributed by atoms with E-state index in [-0.39, 0.29) is 24.5 Å². The highest BCUT2D eigenvalue weighted by Gasteiger charge is 2.29. The zero-order valence-corrected chi connectivity index (χ0v) is 8.08. The van der Waals surface area contributed by atoms with Gasteiger partial charge >= 0.3 is 0 Å². The standard InChI is InChI=1S/C8H15N3O3/c1-5-6(2-3-10-5)8(13)11-14-4-7(9)12/h5-6,10H,2-4H2,1H3,(H2,9,12)(H,11,13). The SMILES string of the molecule is CC1NCCC1C(=O)NOCC(N)=O. The van der Waals surface area contributed by atoms with Crippen molar-refractivity contribution < 1.29 is 14.4 Å². The zero-order valence-electron chi connectivity index (χ0n) is 8.08. The van der Waals surface area contributed by atoms with Gasteiger partial charge in [-0.05, 0) is 19.9 Å². The molecule has 0 aromatic rings. The molecule has 1 fully saturated rings. The highest BCUT2D eigenvalue weighted by atomic mass is 16.7. The summed E-state index contributed by atoms with van der Waals surface area (Å²) in [5.74, 6) is -0.908. The minimum atomic E-state index is -0.608. The Kier molecular flexibility index (Phi) is 3.84. The molecule has 0 spiro atoms. The molecule has 1 heterocycles. The molecule has 6 nitrogen and oxygen atoms in total. The number of nitrogens with one attached hydrogen (secondary N) is 2. The molecular weight excluding hydrogens is 186 g/mol. The van der Waals surface area contributed by atoms with E-state index in [9.17, 15) is 9.59 Å². The zero-order chi connectivity index (χ0) is 10.6. The van der Waals surface area contributed by atoms with Crippen LogP contribution in [0.5, 0.6) is 0 Å². The van der Waals surface area contributed by atoms with Gasteiger partial charge in [-0.25, -0.2) is 5.48 Å². The van der Waals surface area contributed by atoms with Gasteiger partial charge in [-0.2, -0.15) is 0 Å². The van der Waals surface area contributed by atoms with E-state index < -0.39 is 5.91 Å². The molecule has 2 amide bonds. The lowest BCUT2D eigenvalue weighted by Crippen LogP contribution is -2.38. The maximum absolute atomic E-state index is 11.4. The number of amides is 2. The molecule has 2 atom stereocenters. The van der Waals surface area contributed by atoms with Gasteiger partial charge in [0.05, 0.1) is 5.92 Å². The maximum atomic E-state index is 11.4. The summed E-state index contributed by atoms with van der Waals surface area (Å²) in [7, 11) is 0. The molecule has 0 aliphatic carbocycles. The van der Waals surface area contributed by atoms with Crippen LogP contribution in [0, 0.1) is 5.92 Å². The number of nitrogens with two attached hydrogens (primary N) is 1. The normalized spacial score (nSPS) is 26.1. The van der Waals surface area contributed by atoms with E-state index in [4.69, 9.17) is 5.73 Å². The molecular formula is C8H15N3O3. The molecule has 6 heteroatoms. The minimum Gasteiger partial charge on any atom is -0.368 e. The summed E-state index contributed by atoms with van der Waals surface area (Å²) in [6.45, 7) is 2.47. The van der Waals surface area contributed by atoms with Gasteiger partial charge in [-0.3, -0.25) is 14.4 Å². The van der Waals surface area contributed by atoms with Crippen molar-refractivity contribution in [1.82, 2.24) is 10.8 Å². The molecule has 14 heavy (non-hydrogen) atoms. The summed E-state index contributed by atoms with van der Waals surface area (Å²) in [6.07, 6.45) is 0.785. The van der Waals surface area contributed by atoms with Crippen LogP contribution in [-0.4, -0.2) is 31.0 Å². The molecule has 1 aliphatic rings. The molecule has 80 valence electrons. The van der Waals surface area contributed by atoms with Crippen molar-refractivity contribution in [2.24, 2.45) is 11.7 Å². The second-order valence-corrected chi connectivity index (χ2v) is 3.36. The van der Waals surface area contributed by atoms with Crippen molar-refractivity contribution in [3.05, 3.63) is 0 Å². The summed E-state index contributed by atoms with van der Waals surface area (Å²) in [5.41, 5.74) is 7.04. The van der Waals surface area contributed by atoms with Crippen LogP contribution in [0.1, 0.15) is 13.3 Å². The van der Waals surface area contributed by atoms with Crippen LogP contribution in [0.25, 0.3) is 0 Å². The van der Waals surface area contributed by atoms with Crippen molar-refractivity contribution in [3.63, 3.8) is 0 Å². The van der Waals surface area contributed by atoms with Crippen LogP contribution in [0.4, 0.5) is 0 Å². The molecule has 0 saturated carbocycles. The lowest BCUT2D eigenvalue weighted by Gasteiger charge is -2.13. The van der Waals surface area contributed by atoms with E-state index in [0.717, 1.165) is 13.0 Å². The van der Waals surface area contributed by atoms with Gasteiger partial charge < -0.3 is 11.1 Å². The Balaban J connectivity index is 2.24. The Labute approximate surface area is 82.1 Å². The molecule has 0 aromatic heterocycles. The average Bonchev–Trinajstić information content (AvgIpc) is 2.50. The summed E-state index contributed by atoms with van der Waals surface area (Å²) in [4.78, 5) is 26.3. The summed E-state index contributed by atoms with van der Waals surface area (Å²) >= 11 is 0. The highest BCUT2D eigenvalue weighted by molar-refractivity contribution is 5.79. The molecule has 2 unspecified atom stereocenters. The van der Waals surface area contributed by atoms with Crippen molar-refractivity contribution in [3.8, 4) is 0 Å². The first-order valence-corrected chi connectivity index (χ1v) is 4.54. The van der Waals surface area contributed by atoms with Crippen LogP contribution in [-0.2, 0) is 14.4 Å². The van der Waals surface area contributed by atoms with Crippen molar-refractivity contribution in [2.45, 2.75) is 19.4 Å². The van der Waals surface area contributed by atoms with Crippen LogP contribution >= 0.6 is 0 Å². The summed E-state index contributed by atoms with van der Waals surface area (Å²) < 4.78 is 0. The van der Waals surface area contributed by atoms with Crippen LogP contribution in [0.2, 0.25) is 0 Å². The molecule has 1 saturated heterocycles. The van der Waals surface area contributed by atoms with Gasteiger partial charge in [0.1, 0.15) is 0 Å². The summed E-state index contributed by atoms with van der Waals surface area (Å²) in [5, 5.41) is 3.14. The Morgan fingerprint density at radius 3 is 2.86 bits per heavy atom. The van der Waals surface area contributed by atoms with E-state index in [2.05, 4.69) is 15.6 Å². The fraction of sp³-hybridized carbons (Fsp3) is 0.750. The van der Waals surface area contributed by atoms with E-state index >= 15 is 0 Å². The van der Waals surface area contributed by atoms with Crippen molar-refractivity contribution in [2.75, 3.05) is 13.2 Å². The van der Waals surface area contributed by atoms with Gasteiger partial charge in [0.15, 0.2) is 6.61 Å². The third-order valence-corrected chi connectivity index (χ3v) is 2.25. The second-order valence-electron chi connectivity index (χ2n) is 3.36. The highest BCUT2D eigenvalue weighted by Crippen LogP contribution is 2.14. The lowest BCUT2D eigenvalue weighted by molar-refractivity contribution is -0.141. The first-order chi connectivity index (χ1) is 6.61. The van der Waals surface area contributed by atoms with E-state index in [0.29, 0.717) is 0 Å². The fourth-order valence-corrected chi connectivity index (χ4v) is 1.47. The van der Waals surface area contributed by atoms with Gasteiger partial charge in [-0.15, -0.1) is 0 Å². The first-order valence-electron chi connectivity index (χ1n) is 4.54. The van der Waals surface area contributed by atoms with E-state index in [1.807, 2.05) is 6.92 Å². The largest absolute Gasteiger partial charge is 0.368 e. The third kappa shape index (κ3) is 2.97. The van der Waals surface area contributed by atoms with Crippen LogP contribution in [0.3, 0.4) is 0 Å². The van der Waals surface area contributed by atoms with Gasteiger partial charge in [-0.1, -0.05) is 0 Å². The second kappa shape index (κ2) is 4.92. The Morgan fingerprint density at radius 1 is 1.64 bits per heavy atom. The number of hydrogen-bond acceptors (Lipinski definition) is 4. The number of carbonyl (C=O) groups excluding carboxylic acids is 2. The first kappa shape index (κ1) is 10.9. The quantitative estimate of drug-likeness (QED) is 0.483. The molecule has 1 rings (SSSR count). The van der Waals surface area contributed by atoms with Crippen LogP contribution in [0.15, 0.2) is 0 Å². The maximum Gasteiger partial charge on any atom is 0.248 e. The molecule has 1 aliphatic heterocycles. The monoisotopic (exact) mass is 201 g/mol. The van der Waals surface area contributed by atoms with Crippen molar-refractivity contribution >= 4 is 11.8 Å². The molecule has 0 radical (unpaired) electrons. The third-order valence-electron chi connectivity index (χ3n) is 2.25. The Morgan fingerprint density at radius 2 is 2.36 bits per heavy atom. The van der Waals surface area contributed by atoms with E-state index in [1.54, 1.807) is 0 Å². The number of primary amides is 1. The number of hydrogen-bond donors (Lipinski definition) is 3. The Hall–Kier alpha value is -1.14. The molecule has 0 bridgehead atoms. The average molecular weight is 201 g/mol. The number of hydroxylamine groups is 1. The van der Waals surface area contributed by atoms with E-state index in [1.165, 1.54) is 0 Å². The minimum absolute atomic E-state index is 0.0946. The smallest absolute Gasteiger partial charge is 0.248 e. The lowest BCUT2D eigenvalue weighted by atomic mass is 10.0. The fourth-order valence-electron chi connectivity index (χ4n) is 1.47. The summed E-state index contributed by atoms with van der Waals surface area (Å²) in [6, 6.07) is 0.146. The number of carbonyl (C=O) groups is 2. The molecule has 0 aromatic carbocycles. The van der Waals surface area contributed by atoms with Crippen molar-refractivity contribution in [1.29, 1.82) is 0 Å². The van der Waals surface area contributed by atoms with Gasteiger partial charge in [0.2, 0.25) is 11.8 Å². The van der Waals surface area contributed by atoms with Gasteiger partial charge in [0, 0.05) is 6.04 Å². The Bertz CT molecular complexity index is 232. The predicted octanol–water partition coefficient (Wildman–Crippen LogP) is -1.48. The van der Waals surface area contributed by atoms with Crippen LogP contribution < -0.4 is 16.5 Å².